The van der Waals surface area contributed by atoms with Crippen molar-refractivity contribution in [2.75, 3.05) is 20.2 Å². The molecule has 1 aromatic carbocycles. The average molecular weight is 410 g/mol. The van der Waals surface area contributed by atoms with Gasteiger partial charge in [-0.05, 0) is 68.4 Å². The van der Waals surface area contributed by atoms with E-state index in [2.05, 4.69) is 4.90 Å². The highest BCUT2D eigenvalue weighted by Crippen LogP contribution is 2.60. The van der Waals surface area contributed by atoms with Gasteiger partial charge in [-0.1, -0.05) is 0 Å². The molecule has 5 nitrogen and oxygen atoms in total. The summed E-state index contributed by atoms with van der Waals surface area (Å²) >= 11 is 0. The lowest BCUT2D eigenvalue weighted by Crippen LogP contribution is -2.58. The van der Waals surface area contributed by atoms with Crippen molar-refractivity contribution < 1.29 is 19.1 Å². The first kappa shape index (κ1) is 18.7. The number of carbonyl (C=O) groups is 2. The number of piperidine rings is 1. The molecule has 4 aliphatic carbocycles. The Morgan fingerprint density at radius 3 is 2.30 bits per heavy atom. The number of amides is 1. The van der Waals surface area contributed by atoms with Crippen LogP contribution in [0, 0.1) is 23.2 Å². The van der Waals surface area contributed by atoms with Gasteiger partial charge in [0.2, 0.25) is 5.91 Å². The maximum Gasteiger partial charge on any atom is 0.228 e. The van der Waals surface area contributed by atoms with Crippen molar-refractivity contribution in [2.24, 2.45) is 23.2 Å². The number of Topliss-reactive ketones (excluding diaryl/α,β-unsaturated/α-hetero) is 1. The number of ether oxygens (including phenoxy) is 2. The highest BCUT2D eigenvalue weighted by atomic mass is 16.5. The molecule has 0 unspecified atom stereocenters. The van der Waals surface area contributed by atoms with Crippen LogP contribution in [0.2, 0.25) is 0 Å². The van der Waals surface area contributed by atoms with Crippen LogP contribution in [0.15, 0.2) is 18.2 Å². The number of benzene rings is 1. The summed E-state index contributed by atoms with van der Waals surface area (Å²) < 4.78 is 11.7. The lowest BCUT2D eigenvalue weighted by Gasteiger charge is -2.57. The summed E-state index contributed by atoms with van der Waals surface area (Å²) in [6.45, 7) is 1.40. The molecule has 7 rings (SSSR count). The summed E-state index contributed by atoms with van der Waals surface area (Å²) in [5, 5.41) is 0. The Morgan fingerprint density at radius 2 is 1.70 bits per heavy atom. The fraction of sp³-hybridized carbons (Fsp3) is 0.680. The number of hydrogen-bond donors (Lipinski definition) is 0. The summed E-state index contributed by atoms with van der Waals surface area (Å²) in [5.74, 6) is 4.21. The molecule has 2 aliphatic heterocycles. The predicted molar refractivity (Wildman–Crippen MR) is 112 cm³/mol. The van der Waals surface area contributed by atoms with E-state index in [0.29, 0.717) is 42.5 Å². The zero-order valence-electron chi connectivity index (χ0n) is 17.8. The van der Waals surface area contributed by atoms with Gasteiger partial charge in [0.15, 0.2) is 5.78 Å². The number of hydrogen-bond acceptors (Lipinski definition) is 4. The Morgan fingerprint density at radius 1 is 1.07 bits per heavy atom. The Kier molecular flexibility index (Phi) is 4.04. The second kappa shape index (κ2) is 6.48. The Balaban J connectivity index is 1.18. The molecule has 30 heavy (non-hydrogen) atoms. The molecule has 1 spiro atoms. The van der Waals surface area contributed by atoms with E-state index in [1.165, 1.54) is 19.3 Å². The molecule has 0 atom stereocenters. The van der Waals surface area contributed by atoms with E-state index in [-0.39, 0.29) is 11.2 Å². The first-order valence-electron chi connectivity index (χ1n) is 11.7. The van der Waals surface area contributed by atoms with Gasteiger partial charge in [-0.25, -0.2) is 0 Å². The van der Waals surface area contributed by atoms with Crippen LogP contribution in [-0.2, 0) is 4.79 Å². The number of nitrogens with zero attached hydrogens (tertiary/aromatic N) is 1. The van der Waals surface area contributed by atoms with Gasteiger partial charge in [0.1, 0.15) is 17.1 Å². The minimum Gasteiger partial charge on any atom is -0.497 e. The lowest BCUT2D eigenvalue weighted by molar-refractivity contribution is -0.161. The Bertz CT molecular complexity index is 863. The summed E-state index contributed by atoms with van der Waals surface area (Å²) in [4.78, 5) is 28.6. The second-order valence-corrected chi connectivity index (χ2v) is 10.7. The maximum atomic E-state index is 13.7. The van der Waals surface area contributed by atoms with Gasteiger partial charge >= 0.3 is 0 Å². The summed E-state index contributed by atoms with van der Waals surface area (Å²) in [5.41, 5.74) is 0.0884. The predicted octanol–water partition coefficient (Wildman–Crippen LogP) is 4.24. The normalized spacial score (nSPS) is 35.8. The molecular formula is C25H31NO4. The zero-order chi connectivity index (χ0) is 20.5. The van der Waals surface area contributed by atoms with Crippen molar-refractivity contribution in [2.45, 2.75) is 63.4 Å². The average Bonchev–Trinajstić information content (AvgIpc) is 2.72. The molecule has 0 N–H and O–H groups in total. The first-order chi connectivity index (χ1) is 14.5. The Labute approximate surface area is 178 Å². The number of carbonyl (C=O) groups excluding carboxylic acids is 2. The Hall–Kier alpha value is -2.04. The minimum atomic E-state index is -0.477. The molecule has 5 heteroatoms. The van der Waals surface area contributed by atoms with Crippen LogP contribution in [0.3, 0.4) is 0 Å². The zero-order valence-corrected chi connectivity index (χ0v) is 17.8. The van der Waals surface area contributed by atoms with E-state index in [1.54, 1.807) is 13.2 Å². The molecule has 6 aliphatic rings. The van der Waals surface area contributed by atoms with Crippen LogP contribution in [0.5, 0.6) is 11.5 Å². The summed E-state index contributed by atoms with van der Waals surface area (Å²) in [6, 6.07) is 5.43. The van der Waals surface area contributed by atoms with Crippen LogP contribution in [0.1, 0.15) is 68.1 Å². The monoisotopic (exact) mass is 409 g/mol. The van der Waals surface area contributed by atoms with Crippen LogP contribution in [0.4, 0.5) is 0 Å². The quantitative estimate of drug-likeness (QED) is 0.733. The van der Waals surface area contributed by atoms with Crippen LogP contribution >= 0.6 is 0 Å². The van der Waals surface area contributed by atoms with Gasteiger partial charge in [0.05, 0.1) is 24.5 Å². The van der Waals surface area contributed by atoms with E-state index in [4.69, 9.17) is 9.47 Å². The van der Waals surface area contributed by atoms with Gasteiger partial charge in [0.25, 0.3) is 0 Å². The van der Waals surface area contributed by atoms with Gasteiger partial charge in [-0.15, -0.1) is 0 Å². The van der Waals surface area contributed by atoms with E-state index < -0.39 is 5.60 Å². The van der Waals surface area contributed by atoms with Crippen molar-refractivity contribution in [1.82, 2.24) is 4.90 Å². The number of fused-ring (bicyclic) bond motifs is 1. The molecule has 1 amide bonds. The summed E-state index contributed by atoms with van der Waals surface area (Å²) in [6.07, 6.45) is 9.27. The standard InChI is InChI=1S/C25H31NO4/c1-29-19-2-3-20-21(27)15-25(30-22(20)11-19)4-6-26(7-5-25)23(28)24-12-16-8-17(13-24)10-18(9-16)14-24/h2-3,11,16-18H,4-10,12-15H2,1H3. The molecule has 4 bridgehead atoms. The van der Waals surface area contributed by atoms with Crippen LogP contribution in [-0.4, -0.2) is 42.4 Å². The lowest BCUT2D eigenvalue weighted by atomic mass is 9.49. The number of likely N-dealkylation sites (tertiary alicyclic amines) is 1. The van der Waals surface area contributed by atoms with E-state index in [1.807, 2.05) is 12.1 Å². The fourth-order valence-corrected chi connectivity index (χ4v) is 7.71. The SMILES string of the molecule is COc1ccc2c(c1)OC1(CCN(C(=O)C34CC5CC(CC(C5)C3)C4)CC1)CC2=O. The van der Waals surface area contributed by atoms with Crippen LogP contribution < -0.4 is 9.47 Å². The van der Waals surface area contributed by atoms with Crippen molar-refractivity contribution in [3.8, 4) is 11.5 Å². The van der Waals surface area contributed by atoms with Crippen molar-refractivity contribution in [1.29, 1.82) is 0 Å². The van der Waals surface area contributed by atoms with Gasteiger partial charge in [0, 0.05) is 32.0 Å². The van der Waals surface area contributed by atoms with E-state index in [9.17, 15) is 9.59 Å². The molecular weight excluding hydrogens is 378 g/mol. The molecule has 0 radical (unpaired) electrons. The second-order valence-electron chi connectivity index (χ2n) is 10.7. The van der Waals surface area contributed by atoms with Crippen LogP contribution in [0.25, 0.3) is 0 Å². The smallest absolute Gasteiger partial charge is 0.228 e. The first-order valence-corrected chi connectivity index (χ1v) is 11.7. The molecule has 4 saturated carbocycles. The van der Waals surface area contributed by atoms with Crippen molar-refractivity contribution in [3.05, 3.63) is 23.8 Å². The number of rotatable bonds is 2. The third kappa shape index (κ3) is 2.80. The molecule has 1 saturated heterocycles. The van der Waals surface area contributed by atoms with Gasteiger partial charge in [-0.3, -0.25) is 9.59 Å². The number of ketones is 1. The summed E-state index contributed by atoms with van der Waals surface area (Å²) in [7, 11) is 1.62. The molecule has 5 fully saturated rings. The topological polar surface area (TPSA) is 55.8 Å². The molecule has 160 valence electrons. The molecule has 1 aromatic rings. The van der Waals surface area contributed by atoms with Crippen molar-refractivity contribution in [3.63, 3.8) is 0 Å². The fourth-order valence-electron chi connectivity index (χ4n) is 7.71. The largest absolute Gasteiger partial charge is 0.497 e. The molecule has 0 aromatic heterocycles. The third-order valence-corrected chi connectivity index (χ3v) is 8.75. The molecule has 2 heterocycles. The minimum absolute atomic E-state index is 0.0809. The van der Waals surface area contributed by atoms with Gasteiger partial charge in [-0.2, -0.15) is 0 Å². The highest BCUT2D eigenvalue weighted by molar-refractivity contribution is 6.00. The van der Waals surface area contributed by atoms with E-state index in [0.717, 1.165) is 49.9 Å². The van der Waals surface area contributed by atoms with E-state index >= 15 is 0 Å². The third-order valence-electron chi connectivity index (χ3n) is 8.75. The highest BCUT2D eigenvalue weighted by Gasteiger charge is 2.56. The number of methoxy groups -OCH3 is 1. The maximum absolute atomic E-state index is 13.7. The van der Waals surface area contributed by atoms with Gasteiger partial charge < -0.3 is 14.4 Å². The van der Waals surface area contributed by atoms with Crippen molar-refractivity contribution >= 4 is 11.7 Å².